The molecule has 0 unspecified atom stereocenters. The van der Waals surface area contributed by atoms with E-state index >= 15 is 0 Å². The molecule has 0 bridgehead atoms. The molecule has 0 aliphatic heterocycles. The zero-order chi connectivity index (χ0) is 12.3. The molecule has 1 aromatic carbocycles. The summed E-state index contributed by atoms with van der Waals surface area (Å²) in [6.45, 7) is 0. The number of esters is 1. The molecule has 0 aliphatic rings. The summed E-state index contributed by atoms with van der Waals surface area (Å²) in [5.74, 6) is -3.36. The zero-order valence-corrected chi connectivity index (χ0v) is 8.77. The van der Waals surface area contributed by atoms with Gasteiger partial charge in [-0.1, -0.05) is 0 Å². The van der Waals surface area contributed by atoms with E-state index in [1.165, 1.54) is 0 Å². The summed E-state index contributed by atoms with van der Waals surface area (Å²) in [7, 11) is 1.07. The number of nitrogens with one attached hydrogen (secondary N) is 1. The second kappa shape index (κ2) is 4.89. The van der Waals surface area contributed by atoms with Gasteiger partial charge in [-0.3, -0.25) is 4.79 Å². The average molecular weight is 250 g/mol. The van der Waals surface area contributed by atoms with Gasteiger partial charge in [-0.25, -0.2) is 13.6 Å². The first-order valence-electron chi connectivity index (χ1n) is 3.99. The van der Waals surface area contributed by atoms with Gasteiger partial charge in [-0.2, -0.15) is 0 Å². The molecule has 86 valence electrons. The monoisotopic (exact) mass is 249 g/mol. The number of carbonyl (C=O) groups excluding carboxylic acids is 2. The number of halogens is 3. The quantitative estimate of drug-likeness (QED) is 0.498. The predicted octanol–water partition coefficient (Wildman–Crippen LogP) is 2.52. The van der Waals surface area contributed by atoms with Gasteiger partial charge in [0.1, 0.15) is 0 Å². The molecular weight excluding hydrogens is 244 g/mol. The van der Waals surface area contributed by atoms with Crippen LogP contribution in [0.5, 0.6) is 0 Å². The number of rotatable bonds is 2. The van der Waals surface area contributed by atoms with Gasteiger partial charge >= 0.3 is 11.3 Å². The summed E-state index contributed by atoms with van der Waals surface area (Å²) < 4.78 is 30.1. The fraction of sp³-hybridized carbons (Fsp3) is 0.111. The molecule has 0 radical (unpaired) electrons. The van der Waals surface area contributed by atoms with Gasteiger partial charge in [0.2, 0.25) is 0 Å². The summed E-state index contributed by atoms with van der Waals surface area (Å²) in [4.78, 5) is 21.7. The van der Waals surface area contributed by atoms with Crippen LogP contribution in [-0.4, -0.2) is 18.4 Å². The Labute approximate surface area is 94.1 Å². The van der Waals surface area contributed by atoms with Gasteiger partial charge in [0.15, 0.2) is 11.6 Å². The first-order valence-corrected chi connectivity index (χ1v) is 4.37. The van der Waals surface area contributed by atoms with E-state index < -0.39 is 23.0 Å². The average Bonchev–Trinajstić information content (AvgIpc) is 2.21. The van der Waals surface area contributed by atoms with Gasteiger partial charge in [-0.15, -0.1) is 0 Å². The van der Waals surface area contributed by atoms with Crippen molar-refractivity contribution >= 4 is 28.6 Å². The van der Waals surface area contributed by atoms with E-state index in [9.17, 15) is 18.4 Å². The highest BCUT2D eigenvalue weighted by molar-refractivity contribution is 6.65. The number of ether oxygens (including phenoxy) is 1. The molecule has 1 rings (SSSR count). The lowest BCUT2D eigenvalue weighted by molar-refractivity contribution is 0.0601. The lowest BCUT2D eigenvalue weighted by Crippen LogP contribution is -2.11. The molecule has 0 atom stereocenters. The molecular formula is C9H6ClF2NO3. The minimum Gasteiger partial charge on any atom is -0.465 e. The van der Waals surface area contributed by atoms with Crippen LogP contribution >= 0.6 is 11.6 Å². The molecule has 0 saturated heterocycles. The van der Waals surface area contributed by atoms with E-state index in [1.54, 1.807) is 0 Å². The Morgan fingerprint density at radius 3 is 2.38 bits per heavy atom. The highest BCUT2D eigenvalue weighted by atomic mass is 35.5. The van der Waals surface area contributed by atoms with Crippen molar-refractivity contribution < 1.29 is 23.1 Å². The lowest BCUT2D eigenvalue weighted by atomic mass is 10.1. The molecule has 0 spiro atoms. The minimum atomic E-state index is -1.23. The van der Waals surface area contributed by atoms with Crippen LogP contribution in [0.4, 0.5) is 19.3 Å². The SMILES string of the molecule is COC(=O)c1cc(F)c(F)cc1NC(=O)Cl. The number of anilines is 1. The van der Waals surface area contributed by atoms with E-state index in [4.69, 9.17) is 11.6 Å². The van der Waals surface area contributed by atoms with E-state index in [0.717, 1.165) is 7.11 Å². The van der Waals surface area contributed by atoms with E-state index in [0.29, 0.717) is 12.1 Å². The molecule has 16 heavy (non-hydrogen) atoms. The fourth-order valence-electron chi connectivity index (χ4n) is 1.03. The Morgan fingerprint density at radius 1 is 1.31 bits per heavy atom. The molecule has 4 nitrogen and oxygen atoms in total. The molecule has 0 saturated carbocycles. The molecule has 7 heteroatoms. The maximum Gasteiger partial charge on any atom is 0.340 e. The maximum atomic E-state index is 12.9. The van der Waals surface area contributed by atoms with Crippen LogP contribution in [0.1, 0.15) is 10.4 Å². The summed E-state index contributed by atoms with van der Waals surface area (Å²) >= 11 is 5.01. The topological polar surface area (TPSA) is 55.4 Å². The van der Waals surface area contributed by atoms with Crippen LogP contribution in [0.25, 0.3) is 0 Å². The number of amides is 1. The highest BCUT2D eigenvalue weighted by Crippen LogP contribution is 2.21. The third kappa shape index (κ3) is 2.66. The van der Waals surface area contributed by atoms with Crippen LogP contribution in [0.3, 0.4) is 0 Å². The summed E-state index contributed by atoms with van der Waals surface area (Å²) in [5, 5.41) is 0.944. The van der Waals surface area contributed by atoms with Crippen molar-refractivity contribution in [2.75, 3.05) is 12.4 Å². The van der Waals surface area contributed by atoms with Gasteiger partial charge in [0.05, 0.1) is 18.4 Å². The van der Waals surface area contributed by atoms with Crippen molar-refractivity contribution in [1.29, 1.82) is 0 Å². The minimum absolute atomic E-state index is 0.259. The molecule has 1 aromatic rings. The smallest absolute Gasteiger partial charge is 0.340 e. The van der Waals surface area contributed by atoms with E-state index in [2.05, 4.69) is 4.74 Å². The Morgan fingerprint density at radius 2 is 1.88 bits per heavy atom. The third-order valence-corrected chi connectivity index (χ3v) is 1.79. The molecule has 0 aromatic heterocycles. The van der Waals surface area contributed by atoms with Crippen molar-refractivity contribution in [3.63, 3.8) is 0 Å². The largest absolute Gasteiger partial charge is 0.465 e. The van der Waals surface area contributed by atoms with Gasteiger partial charge in [0, 0.05) is 6.07 Å². The molecule has 0 heterocycles. The van der Waals surface area contributed by atoms with Crippen molar-refractivity contribution in [1.82, 2.24) is 0 Å². The second-order valence-electron chi connectivity index (χ2n) is 2.70. The standard InChI is InChI=1S/C9H6ClF2NO3/c1-16-8(14)4-2-5(11)6(12)3-7(4)13-9(10)15/h2-3H,1H3,(H,13,15). The van der Waals surface area contributed by atoms with Crippen molar-refractivity contribution in [2.45, 2.75) is 0 Å². The number of carbonyl (C=O) groups is 2. The van der Waals surface area contributed by atoms with E-state index in [-0.39, 0.29) is 11.3 Å². The fourth-order valence-corrected chi connectivity index (χ4v) is 1.14. The number of methoxy groups -OCH3 is 1. The highest BCUT2D eigenvalue weighted by Gasteiger charge is 2.17. The Kier molecular flexibility index (Phi) is 3.78. The van der Waals surface area contributed by atoms with Gasteiger partial charge in [0.25, 0.3) is 0 Å². The van der Waals surface area contributed by atoms with Gasteiger partial charge in [-0.05, 0) is 17.7 Å². The second-order valence-corrected chi connectivity index (χ2v) is 3.05. The van der Waals surface area contributed by atoms with Crippen molar-refractivity contribution in [3.8, 4) is 0 Å². The lowest BCUT2D eigenvalue weighted by Gasteiger charge is -2.08. The van der Waals surface area contributed by atoms with E-state index in [1.807, 2.05) is 5.32 Å². The summed E-state index contributed by atoms with van der Waals surface area (Å²) in [6.07, 6.45) is 0. The van der Waals surface area contributed by atoms with Crippen LogP contribution in [0.2, 0.25) is 0 Å². The van der Waals surface area contributed by atoms with Crippen molar-refractivity contribution in [3.05, 3.63) is 29.3 Å². The predicted molar refractivity (Wildman–Crippen MR) is 52.6 cm³/mol. The Bertz CT molecular complexity index is 451. The van der Waals surface area contributed by atoms with Crippen LogP contribution < -0.4 is 5.32 Å². The molecule has 0 fully saturated rings. The normalized spacial score (nSPS) is 9.75. The Hall–Kier alpha value is -1.69. The third-order valence-electron chi connectivity index (χ3n) is 1.70. The summed E-state index contributed by atoms with van der Waals surface area (Å²) in [6, 6.07) is 1.26. The molecule has 1 N–H and O–H groups in total. The van der Waals surface area contributed by atoms with Crippen LogP contribution in [0.15, 0.2) is 12.1 Å². The van der Waals surface area contributed by atoms with Crippen molar-refractivity contribution in [2.24, 2.45) is 0 Å². The molecule has 0 aliphatic carbocycles. The maximum absolute atomic E-state index is 12.9. The zero-order valence-electron chi connectivity index (χ0n) is 8.01. The first-order chi connectivity index (χ1) is 7.45. The number of hydrogen-bond acceptors (Lipinski definition) is 3. The van der Waals surface area contributed by atoms with Crippen LogP contribution in [-0.2, 0) is 4.74 Å². The Balaban J connectivity index is 3.27. The summed E-state index contributed by atoms with van der Waals surface area (Å²) in [5.41, 5.74) is -0.582. The number of hydrogen-bond donors (Lipinski definition) is 1. The van der Waals surface area contributed by atoms with Crippen LogP contribution in [0, 0.1) is 11.6 Å². The van der Waals surface area contributed by atoms with Gasteiger partial charge < -0.3 is 10.1 Å². The molecule has 1 amide bonds. The first kappa shape index (κ1) is 12.4. The number of benzene rings is 1.